The van der Waals surface area contributed by atoms with E-state index in [-0.39, 0.29) is 25.5 Å². The van der Waals surface area contributed by atoms with Crippen molar-refractivity contribution < 1.29 is 50.8 Å². The van der Waals surface area contributed by atoms with E-state index in [1.807, 2.05) is 0 Å². The molecule has 2 unspecified atom stereocenters. The van der Waals surface area contributed by atoms with Crippen LogP contribution >= 0.6 is 7.60 Å². The van der Waals surface area contributed by atoms with Gasteiger partial charge in [0.15, 0.2) is 17.4 Å². The largest absolute Gasteiger partial charge is 1.00 e. The number of esters is 1. The zero-order valence-electron chi connectivity index (χ0n) is 9.50. The van der Waals surface area contributed by atoms with Crippen LogP contribution in [-0.2, 0) is 28.5 Å². The van der Waals surface area contributed by atoms with Gasteiger partial charge in [0.05, 0.1) is 6.61 Å². The Hall–Kier alpha value is 0.167. The van der Waals surface area contributed by atoms with Crippen molar-refractivity contribution in [3.05, 3.63) is 0 Å². The summed E-state index contributed by atoms with van der Waals surface area (Å²) in [5, 5.41) is -2.28. The molecule has 16 heavy (non-hydrogen) atoms. The van der Waals surface area contributed by atoms with Crippen molar-refractivity contribution >= 4 is 23.4 Å². The molecule has 0 aliphatic heterocycles. The normalized spacial score (nSPS) is 16.8. The van der Waals surface area contributed by atoms with Gasteiger partial charge in [-0.25, -0.2) is 8.42 Å². The number of hydrogen-bond donors (Lipinski definition) is 0. The number of rotatable bonds is 5. The Morgan fingerprint density at radius 1 is 1.50 bits per heavy atom. The maximum atomic E-state index is 11.3. The summed E-state index contributed by atoms with van der Waals surface area (Å²) in [5.41, 5.74) is 0. The van der Waals surface area contributed by atoms with Crippen LogP contribution in [0.25, 0.3) is 0 Å². The number of carbonyl (C=O) groups is 1. The molecule has 0 rings (SSSR count). The van der Waals surface area contributed by atoms with Crippen LogP contribution < -0.4 is 23.8 Å². The third-order valence-electron chi connectivity index (χ3n) is 1.20. The summed E-state index contributed by atoms with van der Waals surface area (Å²) in [6.07, 6.45) is 0.643. The predicted octanol–water partition coefficient (Wildman–Crippen LogP) is -3.53. The minimum atomic E-state index is -4.76. The Morgan fingerprint density at radius 3 is 2.19 bits per heavy atom. The van der Waals surface area contributed by atoms with Crippen molar-refractivity contribution in [3.8, 4) is 0 Å². The molecule has 0 spiro atoms. The number of hydrogen-bond acceptors (Lipinski definition) is 7. The van der Waals surface area contributed by atoms with Gasteiger partial charge in [-0.2, -0.15) is 0 Å². The second-order valence-electron chi connectivity index (χ2n) is 2.70. The molecule has 0 aromatic rings. The molecule has 0 saturated carbocycles. The van der Waals surface area contributed by atoms with E-state index < -0.39 is 28.6 Å². The Kier molecular flexibility index (Phi) is 7.87. The van der Waals surface area contributed by atoms with Gasteiger partial charge in [-0.15, -0.1) is 0 Å². The standard InChI is InChI=1S/C6H13O7PS.Li/c1-4-12-14(8,9)6(13-5(2)7)15(3,10)11;/h6H,4H2,1-3H3,(H,8,9);/q;+1/p-1. The summed E-state index contributed by atoms with van der Waals surface area (Å²) in [4.78, 5) is 21.8. The van der Waals surface area contributed by atoms with E-state index in [2.05, 4.69) is 9.26 Å². The first-order chi connectivity index (χ1) is 6.61. The first-order valence-corrected chi connectivity index (χ1v) is 7.49. The molecule has 0 radical (unpaired) electrons. The van der Waals surface area contributed by atoms with Gasteiger partial charge in [-0.3, -0.25) is 4.79 Å². The fraction of sp³-hybridized carbons (Fsp3) is 0.833. The van der Waals surface area contributed by atoms with Crippen LogP contribution in [0.15, 0.2) is 0 Å². The van der Waals surface area contributed by atoms with Gasteiger partial charge in [0.2, 0.25) is 0 Å². The summed E-state index contributed by atoms with van der Waals surface area (Å²) in [6.45, 7) is 2.05. The second-order valence-corrected chi connectivity index (χ2v) is 6.95. The zero-order valence-corrected chi connectivity index (χ0v) is 11.2. The maximum absolute atomic E-state index is 11.3. The average molecular weight is 266 g/mol. The van der Waals surface area contributed by atoms with Crippen molar-refractivity contribution in [3.63, 3.8) is 0 Å². The first kappa shape index (κ1) is 18.5. The van der Waals surface area contributed by atoms with E-state index in [9.17, 15) is 22.7 Å². The monoisotopic (exact) mass is 266 g/mol. The number of sulfone groups is 1. The molecule has 0 aliphatic rings. The van der Waals surface area contributed by atoms with Crippen LogP contribution in [0.5, 0.6) is 0 Å². The van der Waals surface area contributed by atoms with Crippen LogP contribution in [0.2, 0.25) is 0 Å². The molecule has 10 heteroatoms. The van der Waals surface area contributed by atoms with Crippen molar-refractivity contribution in [2.75, 3.05) is 12.9 Å². The molecule has 2 atom stereocenters. The van der Waals surface area contributed by atoms with Gasteiger partial charge < -0.3 is 18.7 Å². The zero-order chi connectivity index (χ0) is 12.3. The fourth-order valence-corrected chi connectivity index (χ4v) is 3.90. The van der Waals surface area contributed by atoms with Gasteiger partial charge in [0, 0.05) is 13.2 Å². The number of carbonyl (C=O) groups excluding carboxylic acids is 1. The quantitative estimate of drug-likeness (QED) is 0.288. The Balaban J connectivity index is 0. The van der Waals surface area contributed by atoms with Crippen LogP contribution in [0.4, 0.5) is 0 Å². The third-order valence-corrected chi connectivity index (χ3v) is 5.19. The minimum absolute atomic E-state index is 0. The van der Waals surface area contributed by atoms with E-state index in [1.54, 1.807) is 0 Å². The van der Waals surface area contributed by atoms with Crippen molar-refractivity contribution in [1.82, 2.24) is 0 Å². The summed E-state index contributed by atoms with van der Waals surface area (Å²) in [5.74, 6) is -1.01. The summed E-state index contributed by atoms with van der Waals surface area (Å²) < 4.78 is 41.8. The molecule has 0 N–H and O–H groups in total. The van der Waals surface area contributed by atoms with Gasteiger partial charge in [-0.1, -0.05) is 0 Å². The third kappa shape index (κ3) is 6.04. The summed E-state index contributed by atoms with van der Waals surface area (Å²) in [6, 6.07) is 0. The second kappa shape index (κ2) is 6.79. The molecule has 0 aliphatic carbocycles. The molecule has 90 valence electrons. The average Bonchev–Trinajstić information content (AvgIpc) is 1.97. The van der Waals surface area contributed by atoms with Gasteiger partial charge >= 0.3 is 24.8 Å². The molecule has 0 bridgehead atoms. The van der Waals surface area contributed by atoms with Crippen molar-refractivity contribution in [2.24, 2.45) is 0 Å². The molecule has 7 nitrogen and oxygen atoms in total. The molecule has 0 amide bonds. The van der Waals surface area contributed by atoms with Crippen molar-refractivity contribution in [1.29, 1.82) is 0 Å². The molecular formula is C6H12LiO7PS. The number of ether oxygens (including phenoxy) is 1. The van der Waals surface area contributed by atoms with Crippen LogP contribution in [0, 0.1) is 0 Å². The van der Waals surface area contributed by atoms with Gasteiger partial charge in [0.25, 0.3) is 5.18 Å². The summed E-state index contributed by atoms with van der Waals surface area (Å²) >= 11 is 0. The Morgan fingerprint density at radius 2 is 1.94 bits per heavy atom. The van der Waals surface area contributed by atoms with Gasteiger partial charge in [-0.05, 0) is 6.92 Å². The van der Waals surface area contributed by atoms with Gasteiger partial charge in [0.1, 0.15) is 0 Å². The Labute approximate surface area is 106 Å². The molecule has 0 fully saturated rings. The molecule has 0 aromatic carbocycles. The van der Waals surface area contributed by atoms with E-state index in [1.165, 1.54) is 6.92 Å². The van der Waals surface area contributed by atoms with E-state index in [4.69, 9.17) is 0 Å². The van der Waals surface area contributed by atoms with E-state index in [0.717, 1.165) is 6.92 Å². The van der Waals surface area contributed by atoms with Crippen LogP contribution in [0.3, 0.4) is 0 Å². The maximum Gasteiger partial charge on any atom is 1.00 e. The Bertz CT molecular complexity index is 378. The van der Waals surface area contributed by atoms with E-state index >= 15 is 0 Å². The summed E-state index contributed by atoms with van der Waals surface area (Å²) in [7, 11) is -8.84. The topological polar surface area (TPSA) is 110 Å². The minimum Gasteiger partial charge on any atom is -0.775 e. The fourth-order valence-electron chi connectivity index (χ4n) is 0.769. The predicted molar refractivity (Wildman–Crippen MR) is 49.6 cm³/mol. The van der Waals surface area contributed by atoms with Crippen LogP contribution in [-0.4, -0.2) is 32.4 Å². The molecular weight excluding hydrogens is 254 g/mol. The SMILES string of the molecule is CCOP(=O)([O-])C(OC(C)=O)S(C)(=O)=O.[Li+]. The molecule has 0 saturated heterocycles. The van der Waals surface area contributed by atoms with Crippen molar-refractivity contribution in [2.45, 2.75) is 19.0 Å². The van der Waals surface area contributed by atoms with Crippen LogP contribution in [0.1, 0.15) is 13.8 Å². The molecule has 0 aromatic heterocycles. The van der Waals surface area contributed by atoms with E-state index in [0.29, 0.717) is 6.26 Å². The first-order valence-electron chi connectivity index (χ1n) is 3.92. The smallest absolute Gasteiger partial charge is 0.775 e. The molecule has 0 heterocycles.